The number of amides is 1. The van der Waals surface area contributed by atoms with Crippen LogP contribution in [0.4, 0.5) is 5.00 Å². The lowest BCUT2D eigenvalue weighted by Crippen LogP contribution is -2.26. The van der Waals surface area contributed by atoms with Gasteiger partial charge in [0.05, 0.1) is 11.3 Å². The first kappa shape index (κ1) is 23.3. The molecule has 33 heavy (non-hydrogen) atoms. The Kier molecular flexibility index (Phi) is 7.05. The molecule has 7 nitrogen and oxygen atoms in total. The first-order chi connectivity index (χ1) is 15.8. The van der Waals surface area contributed by atoms with Crippen molar-refractivity contribution >= 4 is 34.0 Å². The van der Waals surface area contributed by atoms with Crippen molar-refractivity contribution in [3.63, 3.8) is 0 Å². The fraction of sp³-hybridized carbons (Fsp3) is 0.417. The van der Waals surface area contributed by atoms with Gasteiger partial charge in [0.15, 0.2) is 5.82 Å². The van der Waals surface area contributed by atoms with Crippen LogP contribution in [0.1, 0.15) is 49.0 Å². The van der Waals surface area contributed by atoms with Gasteiger partial charge in [-0.2, -0.15) is 5.26 Å². The molecule has 2 heterocycles. The van der Waals surface area contributed by atoms with E-state index < -0.39 is 0 Å². The highest BCUT2D eigenvalue weighted by Gasteiger charge is 2.32. The molecule has 2 aromatic heterocycles. The average molecular weight is 482 g/mol. The third-order valence-corrected chi connectivity index (χ3v) is 7.83. The Labute approximate surface area is 202 Å². The molecule has 1 aromatic carbocycles. The highest BCUT2D eigenvalue weighted by molar-refractivity contribution is 7.99. The van der Waals surface area contributed by atoms with Gasteiger partial charge in [-0.3, -0.25) is 9.89 Å². The predicted octanol–water partition coefficient (Wildman–Crippen LogP) is 5.20. The topological polar surface area (TPSA) is 104 Å². The number of benzene rings is 1. The first-order valence-electron chi connectivity index (χ1n) is 10.9. The van der Waals surface area contributed by atoms with Gasteiger partial charge in [-0.15, -0.1) is 16.4 Å². The standard InChI is InChI=1S/C24H27N5O2S2/c1-24(2,3)15-9-10-17-18(12-25)22(33-19(17)11-15)27-21(30)14-32-23-26-20(28-29-23)13-31-16-7-5-4-6-8-16/h4-8,15H,9-11,13-14H2,1-3H3,(H,27,30)(H,26,28,29)/t15-/m1/s1. The minimum Gasteiger partial charge on any atom is -0.486 e. The molecule has 0 radical (unpaired) electrons. The summed E-state index contributed by atoms with van der Waals surface area (Å²) in [7, 11) is 0. The Balaban J connectivity index is 1.32. The van der Waals surface area contributed by atoms with Crippen LogP contribution in [0.2, 0.25) is 0 Å². The van der Waals surface area contributed by atoms with Crippen LogP contribution in [-0.2, 0) is 24.2 Å². The number of aromatic amines is 1. The summed E-state index contributed by atoms with van der Waals surface area (Å²) < 4.78 is 5.65. The van der Waals surface area contributed by atoms with Crippen LogP contribution in [-0.4, -0.2) is 26.8 Å². The molecule has 0 aliphatic heterocycles. The lowest BCUT2D eigenvalue weighted by Gasteiger charge is -2.33. The molecule has 0 saturated carbocycles. The van der Waals surface area contributed by atoms with Crippen molar-refractivity contribution in [2.45, 2.75) is 51.8 Å². The normalized spacial score (nSPS) is 15.5. The number of nitrogens with zero attached hydrogens (tertiary/aromatic N) is 3. The van der Waals surface area contributed by atoms with Crippen molar-refractivity contribution in [2.24, 2.45) is 11.3 Å². The van der Waals surface area contributed by atoms with Crippen molar-refractivity contribution in [2.75, 3.05) is 11.1 Å². The van der Waals surface area contributed by atoms with Gasteiger partial charge in [-0.25, -0.2) is 4.98 Å². The van der Waals surface area contributed by atoms with Crippen molar-refractivity contribution in [1.29, 1.82) is 5.26 Å². The molecule has 1 aliphatic rings. The molecule has 9 heteroatoms. The molecule has 3 aromatic rings. The Hall–Kier alpha value is -2.83. The van der Waals surface area contributed by atoms with Crippen molar-refractivity contribution < 1.29 is 9.53 Å². The number of thioether (sulfide) groups is 1. The molecule has 0 fully saturated rings. The summed E-state index contributed by atoms with van der Waals surface area (Å²) in [6.07, 6.45) is 2.94. The summed E-state index contributed by atoms with van der Waals surface area (Å²) in [5, 5.41) is 20.8. The van der Waals surface area contributed by atoms with Gasteiger partial charge in [-0.05, 0) is 48.3 Å². The molecule has 1 atom stereocenters. The summed E-state index contributed by atoms with van der Waals surface area (Å²) >= 11 is 2.79. The van der Waals surface area contributed by atoms with Gasteiger partial charge in [0.25, 0.3) is 0 Å². The zero-order valence-electron chi connectivity index (χ0n) is 19.0. The summed E-state index contributed by atoms with van der Waals surface area (Å²) in [6, 6.07) is 11.8. The molecule has 0 unspecified atom stereocenters. The second-order valence-electron chi connectivity index (χ2n) is 9.13. The number of thiophene rings is 1. The lowest BCUT2D eigenvalue weighted by atomic mass is 9.72. The van der Waals surface area contributed by atoms with Gasteiger partial charge in [0.1, 0.15) is 23.4 Å². The summed E-state index contributed by atoms with van der Waals surface area (Å²) in [5.41, 5.74) is 1.97. The number of nitriles is 1. The van der Waals surface area contributed by atoms with Gasteiger partial charge >= 0.3 is 0 Å². The van der Waals surface area contributed by atoms with Crippen LogP contribution < -0.4 is 10.1 Å². The van der Waals surface area contributed by atoms with Crippen LogP contribution in [0.25, 0.3) is 0 Å². The minimum atomic E-state index is -0.172. The number of hydrogen-bond acceptors (Lipinski definition) is 7. The highest BCUT2D eigenvalue weighted by atomic mass is 32.2. The van der Waals surface area contributed by atoms with E-state index in [9.17, 15) is 10.1 Å². The molecular weight excluding hydrogens is 454 g/mol. The fourth-order valence-electron chi connectivity index (χ4n) is 3.90. The SMILES string of the molecule is CC(C)(C)[C@@H]1CCc2c(sc(NC(=O)CSc3n[nH]c(COc4ccccc4)n3)c2C#N)C1. The van der Waals surface area contributed by atoms with E-state index in [2.05, 4.69) is 47.3 Å². The van der Waals surface area contributed by atoms with E-state index >= 15 is 0 Å². The van der Waals surface area contributed by atoms with Crippen LogP contribution in [0.3, 0.4) is 0 Å². The minimum absolute atomic E-state index is 0.162. The Morgan fingerprint density at radius 3 is 2.88 bits per heavy atom. The number of rotatable bonds is 7. The Morgan fingerprint density at radius 1 is 1.36 bits per heavy atom. The number of hydrogen-bond donors (Lipinski definition) is 2. The zero-order valence-corrected chi connectivity index (χ0v) is 20.6. The molecule has 2 N–H and O–H groups in total. The third kappa shape index (κ3) is 5.75. The number of H-pyrrole nitrogens is 1. The van der Waals surface area contributed by atoms with Gasteiger partial charge in [0, 0.05) is 4.88 Å². The predicted molar refractivity (Wildman–Crippen MR) is 131 cm³/mol. The van der Waals surface area contributed by atoms with E-state index in [1.807, 2.05) is 30.3 Å². The summed E-state index contributed by atoms with van der Waals surface area (Å²) in [5.74, 6) is 1.92. The molecule has 1 aliphatic carbocycles. The Morgan fingerprint density at radius 2 is 2.15 bits per heavy atom. The van der Waals surface area contributed by atoms with Crippen molar-refractivity contribution in [3.05, 3.63) is 52.2 Å². The molecule has 172 valence electrons. The second-order valence-corrected chi connectivity index (χ2v) is 11.2. The van der Waals surface area contributed by atoms with E-state index in [-0.39, 0.29) is 23.7 Å². The fourth-order valence-corrected chi connectivity index (χ4v) is 5.81. The average Bonchev–Trinajstić information content (AvgIpc) is 3.39. The molecule has 1 amide bonds. The number of nitrogens with one attached hydrogen (secondary N) is 2. The highest BCUT2D eigenvalue weighted by Crippen LogP contribution is 2.44. The number of fused-ring (bicyclic) bond motifs is 1. The van der Waals surface area contributed by atoms with Crippen LogP contribution >= 0.6 is 23.1 Å². The van der Waals surface area contributed by atoms with E-state index in [1.165, 1.54) is 16.6 Å². The van der Waals surface area contributed by atoms with Crippen LogP contribution in [0, 0.1) is 22.7 Å². The number of para-hydroxylation sites is 1. The number of ether oxygens (including phenoxy) is 1. The summed E-state index contributed by atoms with van der Waals surface area (Å²) in [6.45, 7) is 7.07. The monoisotopic (exact) mass is 481 g/mol. The molecule has 4 rings (SSSR count). The quantitative estimate of drug-likeness (QED) is 0.450. The number of anilines is 1. The maximum atomic E-state index is 12.6. The number of carbonyl (C=O) groups is 1. The second kappa shape index (κ2) is 9.98. The number of carbonyl (C=O) groups excluding carboxylic acids is 1. The zero-order chi connectivity index (χ0) is 23.4. The maximum absolute atomic E-state index is 12.6. The number of aromatic nitrogens is 3. The Bertz CT molecular complexity index is 1160. The molecule has 0 spiro atoms. The lowest BCUT2D eigenvalue weighted by molar-refractivity contribution is -0.113. The van der Waals surface area contributed by atoms with E-state index in [0.717, 1.165) is 30.6 Å². The smallest absolute Gasteiger partial charge is 0.235 e. The van der Waals surface area contributed by atoms with Crippen LogP contribution in [0.5, 0.6) is 5.75 Å². The maximum Gasteiger partial charge on any atom is 0.235 e. The van der Waals surface area contributed by atoms with Crippen molar-refractivity contribution in [3.8, 4) is 11.8 Å². The van der Waals surface area contributed by atoms with Gasteiger partial charge < -0.3 is 10.1 Å². The van der Waals surface area contributed by atoms with Gasteiger partial charge in [0.2, 0.25) is 11.1 Å². The van der Waals surface area contributed by atoms with Crippen LogP contribution in [0.15, 0.2) is 35.5 Å². The molecule has 0 bridgehead atoms. The van der Waals surface area contributed by atoms with Crippen molar-refractivity contribution in [1.82, 2.24) is 15.2 Å². The van der Waals surface area contributed by atoms with E-state index in [4.69, 9.17) is 4.74 Å². The molecule has 0 saturated heterocycles. The van der Waals surface area contributed by atoms with Gasteiger partial charge in [-0.1, -0.05) is 50.7 Å². The third-order valence-electron chi connectivity index (χ3n) is 5.82. The van der Waals surface area contributed by atoms with E-state index in [1.54, 1.807) is 11.3 Å². The molecular formula is C24H27N5O2S2. The first-order valence-corrected chi connectivity index (χ1v) is 12.7. The van der Waals surface area contributed by atoms with E-state index in [0.29, 0.717) is 27.5 Å². The largest absolute Gasteiger partial charge is 0.486 e. The summed E-state index contributed by atoms with van der Waals surface area (Å²) in [4.78, 5) is 18.2.